The summed E-state index contributed by atoms with van der Waals surface area (Å²) >= 11 is 1.69. The predicted octanol–water partition coefficient (Wildman–Crippen LogP) is 4.07. The zero-order valence-corrected chi connectivity index (χ0v) is 12.3. The van der Waals surface area contributed by atoms with E-state index >= 15 is 0 Å². The summed E-state index contributed by atoms with van der Waals surface area (Å²) in [7, 11) is 1.64. The van der Waals surface area contributed by atoms with E-state index in [9.17, 15) is 4.79 Å². The molecule has 0 N–H and O–H groups in total. The first-order valence-electron chi connectivity index (χ1n) is 6.73. The van der Waals surface area contributed by atoms with Crippen LogP contribution in [-0.4, -0.2) is 13.0 Å². The van der Waals surface area contributed by atoms with Crippen LogP contribution in [0.4, 0.5) is 5.69 Å². The van der Waals surface area contributed by atoms with Gasteiger partial charge in [-0.15, -0.1) is 11.3 Å². The Morgan fingerprint density at radius 2 is 2.10 bits per heavy atom. The first kappa shape index (κ1) is 12.4. The molecule has 0 spiro atoms. The van der Waals surface area contributed by atoms with Crippen LogP contribution in [0.25, 0.3) is 10.1 Å². The Kier molecular flexibility index (Phi) is 2.72. The second-order valence-corrected chi connectivity index (χ2v) is 5.97. The van der Waals surface area contributed by atoms with Crippen LogP contribution in [0.15, 0.2) is 47.8 Å². The third kappa shape index (κ3) is 1.83. The molecule has 0 unspecified atom stereocenters. The molecule has 3 aromatic rings. The minimum atomic E-state index is 0.0415. The number of benzene rings is 2. The van der Waals surface area contributed by atoms with Crippen molar-refractivity contribution in [2.45, 2.75) is 6.54 Å². The van der Waals surface area contributed by atoms with Gasteiger partial charge in [0.2, 0.25) is 0 Å². The number of anilines is 1. The van der Waals surface area contributed by atoms with Crippen LogP contribution >= 0.6 is 11.3 Å². The third-order valence-electron chi connectivity index (χ3n) is 3.90. The monoisotopic (exact) mass is 295 g/mol. The van der Waals surface area contributed by atoms with Gasteiger partial charge in [0, 0.05) is 21.5 Å². The van der Waals surface area contributed by atoms with Crippen LogP contribution < -0.4 is 9.64 Å². The van der Waals surface area contributed by atoms with Gasteiger partial charge in [0.05, 0.1) is 13.7 Å². The summed E-state index contributed by atoms with van der Waals surface area (Å²) in [6.07, 6.45) is 0. The minimum absolute atomic E-state index is 0.0415. The predicted molar refractivity (Wildman–Crippen MR) is 85.3 cm³/mol. The maximum absolute atomic E-state index is 12.6. The van der Waals surface area contributed by atoms with Gasteiger partial charge in [-0.05, 0) is 41.1 Å². The quantitative estimate of drug-likeness (QED) is 0.713. The molecule has 2 heterocycles. The molecule has 104 valence electrons. The van der Waals surface area contributed by atoms with E-state index in [1.165, 1.54) is 10.1 Å². The molecule has 0 atom stereocenters. The molecule has 4 heteroatoms. The number of methoxy groups -OCH3 is 1. The van der Waals surface area contributed by atoms with Crippen LogP contribution in [0.2, 0.25) is 0 Å². The zero-order valence-electron chi connectivity index (χ0n) is 11.5. The van der Waals surface area contributed by atoms with E-state index in [4.69, 9.17) is 4.74 Å². The topological polar surface area (TPSA) is 29.5 Å². The van der Waals surface area contributed by atoms with Gasteiger partial charge in [0.25, 0.3) is 5.91 Å². The van der Waals surface area contributed by atoms with E-state index < -0.39 is 0 Å². The lowest BCUT2D eigenvalue weighted by atomic mass is 10.1. The summed E-state index contributed by atoms with van der Waals surface area (Å²) in [5.41, 5.74) is 2.64. The fraction of sp³-hybridized carbons (Fsp3) is 0.118. The number of fused-ring (bicyclic) bond motifs is 2. The van der Waals surface area contributed by atoms with Crippen LogP contribution in [0.1, 0.15) is 15.9 Å². The molecule has 21 heavy (non-hydrogen) atoms. The summed E-state index contributed by atoms with van der Waals surface area (Å²) in [5, 5.41) is 3.28. The SMILES string of the molecule is COc1cccc2c1CN(c1ccc3ccsc3c1)C2=O. The van der Waals surface area contributed by atoms with Crippen molar-refractivity contribution in [3.8, 4) is 5.75 Å². The second kappa shape index (κ2) is 4.60. The third-order valence-corrected chi connectivity index (χ3v) is 4.78. The number of rotatable bonds is 2. The highest BCUT2D eigenvalue weighted by molar-refractivity contribution is 7.17. The van der Waals surface area contributed by atoms with E-state index in [0.29, 0.717) is 6.54 Å². The highest BCUT2D eigenvalue weighted by Crippen LogP contribution is 2.35. The molecule has 1 amide bonds. The lowest BCUT2D eigenvalue weighted by molar-refractivity contribution is 0.0996. The van der Waals surface area contributed by atoms with E-state index in [0.717, 1.165) is 22.6 Å². The van der Waals surface area contributed by atoms with Gasteiger partial charge >= 0.3 is 0 Å². The average molecular weight is 295 g/mol. The van der Waals surface area contributed by atoms with Crippen molar-refractivity contribution in [1.82, 2.24) is 0 Å². The summed E-state index contributed by atoms with van der Waals surface area (Å²) in [6, 6.07) is 13.9. The standard InChI is InChI=1S/C17H13NO2S/c1-20-15-4-2-3-13-14(15)10-18(17(13)19)12-6-5-11-7-8-21-16(11)9-12/h2-9H,10H2,1H3. The summed E-state index contributed by atoms with van der Waals surface area (Å²) in [6.45, 7) is 0.565. The minimum Gasteiger partial charge on any atom is -0.496 e. The van der Waals surface area contributed by atoms with Gasteiger partial charge in [0.1, 0.15) is 5.75 Å². The summed E-state index contributed by atoms with van der Waals surface area (Å²) in [4.78, 5) is 14.4. The van der Waals surface area contributed by atoms with E-state index in [-0.39, 0.29) is 5.91 Å². The smallest absolute Gasteiger partial charge is 0.259 e. The second-order valence-electron chi connectivity index (χ2n) is 5.02. The van der Waals surface area contributed by atoms with Crippen LogP contribution in [0, 0.1) is 0 Å². The van der Waals surface area contributed by atoms with E-state index in [2.05, 4.69) is 23.6 Å². The van der Waals surface area contributed by atoms with Crippen molar-refractivity contribution < 1.29 is 9.53 Å². The Bertz CT molecular complexity index is 853. The molecule has 4 rings (SSSR count). The number of hydrogen-bond donors (Lipinski definition) is 0. The van der Waals surface area contributed by atoms with Crippen molar-refractivity contribution in [2.24, 2.45) is 0 Å². The first-order chi connectivity index (χ1) is 10.3. The molecule has 2 aromatic carbocycles. The molecule has 0 saturated heterocycles. The molecule has 0 bridgehead atoms. The van der Waals surface area contributed by atoms with Crippen molar-refractivity contribution in [2.75, 3.05) is 12.0 Å². The molecule has 0 radical (unpaired) electrons. The number of carbonyl (C=O) groups is 1. The largest absolute Gasteiger partial charge is 0.496 e. The average Bonchev–Trinajstić information content (AvgIpc) is 3.11. The Labute approximate surface area is 126 Å². The summed E-state index contributed by atoms with van der Waals surface area (Å²) in [5.74, 6) is 0.820. The normalized spacial score (nSPS) is 13.8. The van der Waals surface area contributed by atoms with Gasteiger partial charge in [-0.3, -0.25) is 4.79 Å². The molecular weight excluding hydrogens is 282 g/mol. The van der Waals surface area contributed by atoms with Crippen molar-refractivity contribution in [1.29, 1.82) is 0 Å². The molecule has 3 nitrogen and oxygen atoms in total. The number of nitrogens with zero attached hydrogens (tertiary/aromatic N) is 1. The van der Waals surface area contributed by atoms with E-state index in [1.807, 2.05) is 29.2 Å². The lowest BCUT2D eigenvalue weighted by Gasteiger charge is -2.16. The zero-order chi connectivity index (χ0) is 14.4. The Morgan fingerprint density at radius 1 is 1.19 bits per heavy atom. The van der Waals surface area contributed by atoms with Gasteiger partial charge < -0.3 is 9.64 Å². The molecule has 1 aliphatic rings. The van der Waals surface area contributed by atoms with Gasteiger partial charge in [-0.1, -0.05) is 12.1 Å². The number of carbonyl (C=O) groups excluding carboxylic acids is 1. The van der Waals surface area contributed by atoms with Crippen LogP contribution in [-0.2, 0) is 6.54 Å². The van der Waals surface area contributed by atoms with Crippen LogP contribution in [0.5, 0.6) is 5.75 Å². The Balaban J connectivity index is 1.79. The van der Waals surface area contributed by atoms with Crippen molar-refractivity contribution in [3.63, 3.8) is 0 Å². The number of hydrogen-bond acceptors (Lipinski definition) is 3. The highest BCUT2D eigenvalue weighted by atomic mass is 32.1. The first-order valence-corrected chi connectivity index (χ1v) is 7.61. The van der Waals surface area contributed by atoms with Gasteiger partial charge in [-0.25, -0.2) is 0 Å². The fourth-order valence-electron chi connectivity index (χ4n) is 2.82. The summed E-state index contributed by atoms with van der Waals surface area (Å²) < 4.78 is 6.57. The number of amides is 1. The number of thiophene rings is 1. The molecule has 0 aliphatic carbocycles. The van der Waals surface area contributed by atoms with E-state index in [1.54, 1.807) is 18.4 Å². The van der Waals surface area contributed by atoms with Gasteiger partial charge in [0.15, 0.2) is 0 Å². The maximum atomic E-state index is 12.6. The maximum Gasteiger partial charge on any atom is 0.259 e. The van der Waals surface area contributed by atoms with Gasteiger partial charge in [-0.2, -0.15) is 0 Å². The molecule has 0 saturated carbocycles. The lowest BCUT2D eigenvalue weighted by Crippen LogP contribution is -2.22. The van der Waals surface area contributed by atoms with Crippen molar-refractivity contribution in [3.05, 3.63) is 59.0 Å². The number of ether oxygens (including phenoxy) is 1. The fourth-order valence-corrected chi connectivity index (χ4v) is 3.64. The molecule has 1 aromatic heterocycles. The Hall–Kier alpha value is -2.33. The highest BCUT2D eigenvalue weighted by Gasteiger charge is 2.30. The Morgan fingerprint density at radius 3 is 2.95 bits per heavy atom. The molecular formula is C17H13NO2S. The van der Waals surface area contributed by atoms with Crippen LogP contribution in [0.3, 0.4) is 0 Å². The molecule has 0 fully saturated rings. The van der Waals surface area contributed by atoms with Crippen molar-refractivity contribution >= 4 is 33.0 Å². The molecule has 1 aliphatic heterocycles.